The highest BCUT2D eigenvalue weighted by molar-refractivity contribution is 5.83. The highest BCUT2D eigenvalue weighted by atomic mass is 16.6. The molecule has 8 atom stereocenters. The summed E-state index contributed by atoms with van der Waals surface area (Å²) in [6.07, 6.45) is 6.09. The number of aliphatic hydroxyl groups is 1. The fourth-order valence-electron chi connectivity index (χ4n) is 7.93. The van der Waals surface area contributed by atoms with Gasteiger partial charge < -0.3 is 19.3 Å². The molecule has 0 aromatic heterocycles. The van der Waals surface area contributed by atoms with Crippen LogP contribution in [0.1, 0.15) is 32.6 Å². The van der Waals surface area contributed by atoms with Gasteiger partial charge >= 0.3 is 11.9 Å². The van der Waals surface area contributed by atoms with Crippen LogP contribution in [0.4, 0.5) is 0 Å². The third-order valence-electron chi connectivity index (χ3n) is 8.69. The molecule has 0 amide bonds. The lowest BCUT2D eigenvalue weighted by molar-refractivity contribution is -0.388. The Morgan fingerprint density at radius 1 is 1.48 bits per heavy atom. The van der Waals surface area contributed by atoms with Gasteiger partial charge in [0.15, 0.2) is 5.60 Å². The number of rotatable bonds is 2. The van der Waals surface area contributed by atoms with E-state index in [2.05, 4.69) is 6.58 Å². The molecule has 7 bridgehead atoms. The number of hydrogen-bond acceptors (Lipinski definition) is 6. The van der Waals surface area contributed by atoms with Gasteiger partial charge in [0.1, 0.15) is 11.2 Å². The van der Waals surface area contributed by atoms with E-state index in [1.165, 1.54) is 0 Å². The van der Waals surface area contributed by atoms with Crippen LogP contribution in [0.2, 0.25) is 0 Å². The Bertz CT molecular complexity index is 833. The largest absolute Gasteiger partial charge is 0.466 e. The van der Waals surface area contributed by atoms with Gasteiger partial charge in [-0.1, -0.05) is 18.7 Å². The Hall–Kier alpha value is -1.66. The minimum Gasteiger partial charge on any atom is -0.466 e. The molecule has 6 nitrogen and oxygen atoms in total. The van der Waals surface area contributed by atoms with Crippen molar-refractivity contribution in [2.24, 2.45) is 29.1 Å². The quantitative estimate of drug-likeness (QED) is 0.585. The van der Waals surface area contributed by atoms with Crippen molar-refractivity contribution in [1.29, 1.82) is 0 Å². The smallest absolute Gasteiger partial charge is 0.313 e. The number of ether oxygens (including phenoxy) is 3. The van der Waals surface area contributed by atoms with Gasteiger partial charge in [-0.3, -0.25) is 9.59 Å². The van der Waals surface area contributed by atoms with Crippen LogP contribution in [0.3, 0.4) is 0 Å². The molecule has 1 N–H and O–H groups in total. The van der Waals surface area contributed by atoms with E-state index in [0.29, 0.717) is 38.0 Å². The fraction of sp³-hybridized carbons (Fsp3) is 0.714. The summed E-state index contributed by atoms with van der Waals surface area (Å²) >= 11 is 0. The molecule has 5 aliphatic carbocycles. The van der Waals surface area contributed by atoms with E-state index in [1.54, 1.807) is 6.92 Å². The zero-order chi connectivity index (χ0) is 18.8. The van der Waals surface area contributed by atoms with Gasteiger partial charge in [0.25, 0.3) is 0 Å². The lowest BCUT2D eigenvalue weighted by atomic mass is 9.30. The van der Waals surface area contributed by atoms with E-state index in [1.807, 2.05) is 12.2 Å². The molecular formula is C21H24O6. The summed E-state index contributed by atoms with van der Waals surface area (Å²) in [6.45, 7) is 6.81. The maximum absolute atomic E-state index is 13.3. The third kappa shape index (κ3) is 1.31. The average molecular weight is 372 g/mol. The zero-order valence-electron chi connectivity index (χ0n) is 15.4. The Balaban J connectivity index is 1.68. The van der Waals surface area contributed by atoms with Crippen LogP contribution in [0.5, 0.6) is 0 Å². The molecule has 0 aromatic rings. The average Bonchev–Trinajstić information content (AvgIpc) is 3.03. The van der Waals surface area contributed by atoms with Crippen molar-refractivity contribution in [3.63, 3.8) is 0 Å². The lowest BCUT2D eigenvalue weighted by Crippen LogP contribution is -2.90. The highest BCUT2D eigenvalue weighted by Gasteiger charge is 2.90. The predicted octanol–water partition coefficient (Wildman–Crippen LogP) is 1.52. The number of esters is 2. The molecule has 3 heterocycles. The molecule has 8 rings (SSSR count). The number of carbonyl (C=O) groups is 2. The van der Waals surface area contributed by atoms with E-state index in [-0.39, 0.29) is 29.7 Å². The Morgan fingerprint density at radius 2 is 2.30 bits per heavy atom. The van der Waals surface area contributed by atoms with Gasteiger partial charge in [-0.15, -0.1) is 0 Å². The molecule has 144 valence electrons. The van der Waals surface area contributed by atoms with Crippen LogP contribution in [-0.4, -0.2) is 47.1 Å². The molecular weight excluding hydrogens is 348 g/mol. The van der Waals surface area contributed by atoms with Crippen LogP contribution in [0, 0.1) is 29.1 Å². The Kier molecular flexibility index (Phi) is 2.71. The molecule has 3 saturated carbocycles. The second-order valence-corrected chi connectivity index (χ2v) is 9.14. The van der Waals surface area contributed by atoms with E-state index in [4.69, 9.17) is 14.2 Å². The van der Waals surface area contributed by atoms with Crippen LogP contribution in [0.15, 0.2) is 24.3 Å². The van der Waals surface area contributed by atoms with Crippen molar-refractivity contribution in [2.75, 3.05) is 13.2 Å². The molecule has 2 spiro atoms. The van der Waals surface area contributed by atoms with Gasteiger partial charge in [0.2, 0.25) is 0 Å². The minimum absolute atomic E-state index is 0.0852. The van der Waals surface area contributed by atoms with Gasteiger partial charge in [-0.05, 0) is 37.7 Å². The van der Waals surface area contributed by atoms with E-state index >= 15 is 0 Å². The van der Waals surface area contributed by atoms with Crippen molar-refractivity contribution in [2.45, 2.75) is 49.4 Å². The first-order valence-corrected chi connectivity index (χ1v) is 10.0. The summed E-state index contributed by atoms with van der Waals surface area (Å²) in [4.78, 5) is 25.8. The summed E-state index contributed by atoms with van der Waals surface area (Å²) < 4.78 is 18.0. The van der Waals surface area contributed by atoms with Crippen LogP contribution >= 0.6 is 0 Å². The number of carbonyl (C=O) groups excluding carboxylic acids is 2. The van der Waals surface area contributed by atoms with E-state index < -0.39 is 28.1 Å². The first-order chi connectivity index (χ1) is 12.9. The van der Waals surface area contributed by atoms with E-state index in [0.717, 1.165) is 6.42 Å². The first-order valence-electron chi connectivity index (χ1n) is 10.0. The maximum atomic E-state index is 13.3. The molecule has 27 heavy (non-hydrogen) atoms. The molecule has 6 heteroatoms. The van der Waals surface area contributed by atoms with Crippen molar-refractivity contribution >= 4 is 11.9 Å². The topological polar surface area (TPSA) is 82.1 Å². The van der Waals surface area contributed by atoms with Gasteiger partial charge in [0, 0.05) is 17.8 Å². The van der Waals surface area contributed by atoms with Gasteiger partial charge in [0.05, 0.1) is 25.0 Å². The van der Waals surface area contributed by atoms with Crippen molar-refractivity contribution in [1.82, 2.24) is 0 Å². The molecule has 0 aromatic carbocycles. The Morgan fingerprint density at radius 3 is 3.07 bits per heavy atom. The van der Waals surface area contributed by atoms with Crippen LogP contribution in [0.25, 0.3) is 0 Å². The Labute approximate surface area is 157 Å². The zero-order valence-corrected chi connectivity index (χ0v) is 15.4. The number of hydrogen-bond donors (Lipinski definition) is 1. The molecule has 7 unspecified atom stereocenters. The van der Waals surface area contributed by atoms with Gasteiger partial charge in [-0.25, -0.2) is 0 Å². The SMILES string of the molecule is C=C1CCC2(C(=O)OCC)C3CC4COC35C=CC2C1(O)C51OC(=O)C[C@H]41. The molecule has 6 fully saturated rings. The summed E-state index contributed by atoms with van der Waals surface area (Å²) in [5.41, 5.74) is -3.87. The monoisotopic (exact) mass is 372 g/mol. The molecule has 3 aliphatic heterocycles. The van der Waals surface area contributed by atoms with Crippen molar-refractivity contribution < 1.29 is 28.9 Å². The summed E-state index contributed by atoms with van der Waals surface area (Å²) in [5, 5.41) is 12.2. The van der Waals surface area contributed by atoms with Crippen molar-refractivity contribution in [3.8, 4) is 0 Å². The second-order valence-electron chi connectivity index (χ2n) is 9.14. The fourth-order valence-corrected chi connectivity index (χ4v) is 7.93. The summed E-state index contributed by atoms with van der Waals surface area (Å²) in [6, 6.07) is 0. The third-order valence-corrected chi connectivity index (χ3v) is 8.69. The standard InChI is InChI=1S/C21H24O6/c1-3-25-17(23)18-6-4-11(2)20(24)14(18)5-7-19-15(18)8-12(10-26-19)13-9-16(22)27-21(13,19)20/h5,7,12-15,24H,2-4,6,8-10H2,1H3/t12?,13-,14?,15?,18?,19?,20?,21?/m1/s1. The van der Waals surface area contributed by atoms with Gasteiger partial charge in [-0.2, -0.15) is 0 Å². The maximum Gasteiger partial charge on any atom is 0.313 e. The molecule has 3 saturated heterocycles. The minimum atomic E-state index is -1.50. The normalized spacial score (nSPS) is 56.1. The first kappa shape index (κ1) is 16.3. The lowest BCUT2D eigenvalue weighted by Gasteiger charge is -2.78. The van der Waals surface area contributed by atoms with Crippen LogP contribution in [-0.2, 0) is 23.8 Å². The predicted molar refractivity (Wildman–Crippen MR) is 92.2 cm³/mol. The summed E-state index contributed by atoms with van der Waals surface area (Å²) in [7, 11) is 0. The highest BCUT2D eigenvalue weighted by Crippen LogP contribution is 2.79. The van der Waals surface area contributed by atoms with Crippen LogP contribution < -0.4 is 0 Å². The second kappa shape index (κ2) is 4.49. The molecule has 8 aliphatic rings. The summed E-state index contributed by atoms with van der Waals surface area (Å²) in [5.74, 6) is -1.24. The molecule has 0 radical (unpaired) electrons. The number of fused-ring (bicyclic) bond motifs is 1. The van der Waals surface area contributed by atoms with Crippen molar-refractivity contribution in [3.05, 3.63) is 24.3 Å². The van der Waals surface area contributed by atoms with E-state index in [9.17, 15) is 14.7 Å².